The van der Waals surface area contributed by atoms with Crippen molar-refractivity contribution in [2.75, 3.05) is 11.6 Å². The molecule has 1 aliphatic rings. The quantitative estimate of drug-likeness (QED) is 0.316. The van der Waals surface area contributed by atoms with Gasteiger partial charge in [0.05, 0.1) is 6.04 Å². The fourth-order valence-corrected chi connectivity index (χ4v) is 6.21. The lowest BCUT2D eigenvalue weighted by molar-refractivity contribution is -0.129. The van der Waals surface area contributed by atoms with E-state index in [9.17, 15) is 18.4 Å². The van der Waals surface area contributed by atoms with Crippen LogP contribution >= 0.6 is 23.1 Å². The van der Waals surface area contributed by atoms with Crippen LogP contribution < -0.4 is 21.4 Å². The highest BCUT2D eigenvalue weighted by molar-refractivity contribution is 8.15. The van der Waals surface area contributed by atoms with Crippen molar-refractivity contribution in [2.24, 2.45) is 10.8 Å². The van der Waals surface area contributed by atoms with Gasteiger partial charge >= 0.3 is 0 Å². The Hall–Kier alpha value is -3.42. The Morgan fingerprint density at radius 2 is 1.85 bits per heavy atom. The number of hydrogen-bond acceptors (Lipinski definition) is 9. The van der Waals surface area contributed by atoms with E-state index in [-0.39, 0.29) is 11.5 Å². The summed E-state index contributed by atoms with van der Waals surface area (Å²) in [5.74, 6) is -1.92. The molecule has 206 valence electrons. The fraction of sp³-hybridized carbons (Fsp3) is 0.346. The molecular weight excluding hydrogens is 544 g/mol. The predicted octanol–water partition coefficient (Wildman–Crippen LogP) is 3.64. The van der Waals surface area contributed by atoms with Crippen LogP contribution in [0.3, 0.4) is 0 Å². The largest absolute Gasteiger partial charge is 0.354 e. The number of anilines is 1. The van der Waals surface area contributed by atoms with Crippen LogP contribution in [0.4, 0.5) is 13.9 Å². The Bertz CT molecular complexity index is 1370. The fourth-order valence-electron chi connectivity index (χ4n) is 4.02. The molecule has 2 amide bonds. The van der Waals surface area contributed by atoms with E-state index < -0.39 is 34.5 Å². The zero-order chi connectivity index (χ0) is 28.2. The summed E-state index contributed by atoms with van der Waals surface area (Å²) in [7, 11) is 0. The number of rotatable bonds is 10. The Balaban J connectivity index is 1.61. The number of nitrogens with one attached hydrogen (secondary N) is 2. The molecule has 1 aliphatic heterocycles. The van der Waals surface area contributed by atoms with Crippen molar-refractivity contribution in [2.45, 2.75) is 50.6 Å². The van der Waals surface area contributed by atoms with Gasteiger partial charge in [0, 0.05) is 12.1 Å². The number of amides is 2. The van der Waals surface area contributed by atoms with E-state index in [1.165, 1.54) is 23.1 Å². The first-order valence-electron chi connectivity index (χ1n) is 12.3. The molecule has 0 fully saturated rings. The summed E-state index contributed by atoms with van der Waals surface area (Å²) in [6.07, 6.45) is 0.968. The number of aryl methyl sites for hydroxylation is 1. The van der Waals surface area contributed by atoms with E-state index in [0.717, 1.165) is 28.8 Å². The SMILES string of the molecule is Cc1nnc(N2N=C(c3cc(F)ccc3F)SC2(CCCNC(=O)C(C)NC(=O)C(C)N)c2ccccc2)s1. The number of hydrogen-bond donors (Lipinski definition) is 3. The first kappa shape index (κ1) is 28.6. The predicted molar refractivity (Wildman–Crippen MR) is 149 cm³/mol. The second-order valence-electron chi connectivity index (χ2n) is 9.11. The number of halogens is 2. The first-order valence-corrected chi connectivity index (χ1v) is 14.0. The highest BCUT2D eigenvalue weighted by Gasteiger charge is 2.47. The minimum atomic E-state index is -0.874. The maximum atomic E-state index is 14.8. The van der Waals surface area contributed by atoms with Gasteiger partial charge in [-0.25, -0.2) is 13.8 Å². The summed E-state index contributed by atoms with van der Waals surface area (Å²) in [5.41, 5.74) is 6.49. The van der Waals surface area contributed by atoms with Crippen molar-refractivity contribution in [3.05, 3.63) is 76.3 Å². The van der Waals surface area contributed by atoms with Crippen LogP contribution in [0.1, 0.15) is 42.8 Å². The molecule has 0 saturated heterocycles. The van der Waals surface area contributed by atoms with Crippen molar-refractivity contribution in [3.63, 3.8) is 0 Å². The molecule has 1 aromatic heterocycles. The second kappa shape index (κ2) is 12.2. The van der Waals surface area contributed by atoms with Crippen LogP contribution in [0.15, 0.2) is 53.6 Å². The lowest BCUT2D eigenvalue weighted by Gasteiger charge is -2.35. The van der Waals surface area contributed by atoms with Gasteiger partial charge in [-0.2, -0.15) is 5.10 Å². The van der Waals surface area contributed by atoms with Crippen molar-refractivity contribution in [1.29, 1.82) is 0 Å². The lowest BCUT2D eigenvalue weighted by Crippen LogP contribution is -2.49. The number of benzene rings is 2. The Kier molecular flexibility index (Phi) is 8.93. The molecule has 0 saturated carbocycles. The minimum absolute atomic E-state index is 0.0519. The number of thioether (sulfide) groups is 1. The maximum absolute atomic E-state index is 14.8. The Morgan fingerprint density at radius 3 is 2.51 bits per heavy atom. The third-order valence-corrected chi connectivity index (χ3v) is 8.30. The normalized spacial score (nSPS) is 18.4. The standard InChI is InChI=1S/C26H29F2N7O2S2/c1-15(29)22(36)31-16(2)23(37)30-13-7-12-26(18-8-5-4-6-9-18)35(25-33-32-17(3)38-25)34-24(39-26)20-14-19(27)10-11-21(20)28/h4-6,8-11,14-16H,7,12-13,29H2,1-3H3,(H,30,37)(H,31,36). The van der Waals surface area contributed by atoms with Crippen LogP contribution in [-0.4, -0.2) is 45.7 Å². The van der Waals surface area contributed by atoms with Crippen LogP contribution in [0, 0.1) is 18.6 Å². The summed E-state index contributed by atoms with van der Waals surface area (Å²) in [5, 5.41) is 21.8. The molecule has 13 heteroatoms. The first-order chi connectivity index (χ1) is 18.6. The molecule has 2 heterocycles. The number of carbonyl (C=O) groups excluding carboxylic acids is 2. The zero-order valence-electron chi connectivity index (χ0n) is 21.6. The molecule has 0 spiro atoms. The Morgan fingerprint density at radius 1 is 1.10 bits per heavy atom. The van der Waals surface area contributed by atoms with Crippen molar-refractivity contribution in [1.82, 2.24) is 20.8 Å². The number of aromatic nitrogens is 2. The van der Waals surface area contributed by atoms with Gasteiger partial charge in [-0.05, 0) is 57.4 Å². The van der Waals surface area contributed by atoms with E-state index in [1.54, 1.807) is 18.9 Å². The highest BCUT2D eigenvalue weighted by atomic mass is 32.2. The summed E-state index contributed by atoms with van der Waals surface area (Å²) >= 11 is 2.64. The monoisotopic (exact) mass is 573 g/mol. The van der Waals surface area contributed by atoms with E-state index >= 15 is 0 Å². The van der Waals surface area contributed by atoms with Crippen LogP contribution in [0.2, 0.25) is 0 Å². The summed E-state index contributed by atoms with van der Waals surface area (Å²) in [6.45, 7) is 5.26. The molecule has 0 radical (unpaired) electrons. The molecular formula is C26H29F2N7O2S2. The van der Waals surface area contributed by atoms with Gasteiger partial charge < -0.3 is 16.4 Å². The molecule has 9 nitrogen and oxygen atoms in total. The summed E-state index contributed by atoms with van der Waals surface area (Å²) in [4.78, 5) is 23.5. The van der Waals surface area contributed by atoms with Gasteiger partial charge in [0.15, 0.2) is 0 Å². The van der Waals surface area contributed by atoms with E-state index in [0.29, 0.717) is 29.6 Å². The average Bonchev–Trinajstić information content (AvgIpc) is 3.52. The molecule has 4 rings (SSSR count). The van der Waals surface area contributed by atoms with Gasteiger partial charge in [-0.15, -0.1) is 10.2 Å². The Labute approximate surface area is 233 Å². The number of nitrogens with two attached hydrogens (primary N) is 1. The van der Waals surface area contributed by atoms with Crippen LogP contribution in [-0.2, 0) is 14.5 Å². The molecule has 3 aromatic rings. The molecule has 2 aromatic carbocycles. The van der Waals surface area contributed by atoms with Gasteiger partial charge in [-0.3, -0.25) is 9.59 Å². The molecule has 0 aliphatic carbocycles. The number of hydrazone groups is 1. The molecule has 3 unspecified atom stereocenters. The molecule has 4 N–H and O–H groups in total. The maximum Gasteiger partial charge on any atom is 0.242 e. The van der Waals surface area contributed by atoms with E-state index in [2.05, 4.69) is 20.8 Å². The molecule has 39 heavy (non-hydrogen) atoms. The second-order valence-corrected chi connectivity index (χ2v) is 11.5. The van der Waals surface area contributed by atoms with Crippen molar-refractivity contribution < 1.29 is 18.4 Å². The molecule has 3 atom stereocenters. The van der Waals surface area contributed by atoms with E-state index in [4.69, 9.17) is 10.8 Å². The lowest BCUT2D eigenvalue weighted by atomic mass is 10.0. The topological polar surface area (TPSA) is 126 Å². The summed E-state index contributed by atoms with van der Waals surface area (Å²) < 4.78 is 28.9. The number of nitrogens with zero attached hydrogens (tertiary/aromatic N) is 4. The van der Waals surface area contributed by atoms with Gasteiger partial charge in [0.25, 0.3) is 0 Å². The van der Waals surface area contributed by atoms with Crippen molar-refractivity contribution in [3.8, 4) is 0 Å². The van der Waals surface area contributed by atoms with Crippen molar-refractivity contribution >= 4 is 45.1 Å². The third-order valence-electron chi connectivity index (χ3n) is 6.04. The smallest absolute Gasteiger partial charge is 0.242 e. The zero-order valence-corrected chi connectivity index (χ0v) is 23.3. The number of carbonyl (C=O) groups is 2. The van der Waals surface area contributed by atoms with Gasteiger partial charge in [-0.1, -0.05) is 53.4 Å². The molecule has 0 bridgehead atoms. The highest BCUT2D eigenvalue weighted by Crippen LogP contribution is 2.52. The van der Waals surface area contributed by atoms with Crippen LogP contribution in [0.5, 0.6) is 0 Å². The van der Waals surface area contributed by atoms with Gasteiger partial charge in [0.1, 0.15) is 32.6 Å². The van der Waals surface area contributed by atoms with E-state index in [1.807, 2.05) is 37.3 Å². The minimum Gasteiger partial charge on any atom is -0.354 e. The third kappa shape index (κ3) is 6.43. The summed E-state index contributed by atoms with van der Waals surface area (Å²) in [6, 6.07) is 11.4. The van der Waals surface area contributed by atoms with Crippen LogP contribution in [0.25, 0.3) is 0 Å². The van der Waals surface area contributed by atoms with Gasteiger partial charge in [0.2, 0.25) is 16.9 Å². The average molecular weight is 574 g/mol.